The van der Waals surface area contributed by atoms with E-state index in [4.69, 9.17) is 11.5 Å². The monoisotopic (exact) mass is 485 g/mol. The molecule has 2 atom stereocenters. The minimum Gasteiger partial charge on any atom is -0.368 e. The summed E-state index contributed by atoms with van der Waals surface area (Å²) in [5.41, 5.74) is 12.0. The number of amides is 2. The summed E-state index contributed by atoms with van der Waals surface area (Å²) in [7, 11) is 0. The number of benzene rings is 1. The standard InChI is InChI=1S/C23H22F3N7O2/c1-12(20(27)34)30-18-10-17(21(28)35)31-22(32-18)33-9-8-13-4-2-3-5-15(13)19(33)16-7-6-14(11-29-16)23(24,25)26/h2-7,10-12,19H,8-9H2,1H3,(H2,27,34)(H2,28,35)(H,30,31,32)/t12?,19-/m0/s1. The lowest BCUT2D eigenvalue weighted by Crippen LogP contribution is -2.38. The van der Waals surface area contributed by atoms with Crippen LogP contribution in [-0.4, -0.2) is 39.4 Å². The van der Waals surface area contributed by atoms with Crippen LogP contribution in [0, 0.1) is 0 Å². The minimum absolute atomic E-state index is 0.0988. The number of nitrogens with one attached hydrogen (secondary N) is 1. The highest BCUT2D eigenvalue weighted by Gasteiger charge is 2.34. The Balaban J connectivity index is 1.82. The van der Waals surface area contributed by atoms with Crippen molar-refractivity contribution in [1.82, 2.24) is 15.0 Å². The first-order chi connectivity index (χ1) is 16.5. The van der Waals surface area contributed by atoms with Crippen LogP contribution < -0.4 is 21.7 Å². The summed E-state index contributed by atoms with van der Waals surface area (Å²) in [4.78, 5) is 38.1. The van der Waals surface area contributed by atoms with Gasteiger partial charge in [-0.15, -0.1) is 0 Å². The van der Waals surface area contributed by atoms with Gasteiger partial charge < -0.3 is 21.7 Å². The molecule has 0 saturated carbocycles. The van der Waals surface area contributed by atoms with Crippen molar-refractivity contribution >= 4 is 23.6 Å². The fourth-order valence-corrected chi connectivity index (χ4v) is 3.89. The van der Waals surface area contributed by atoms with Crippen LogP contribution in [0.25, 0.3) is 0 Å². The van der Waals surface area contributed by atoms with E-state index >= 15 is 0 Å². The van der Waals surface area contributed by atoms with Crippen LogP contribution in [0.1, 0.15) is 45.8 Å². The number of nitrogens with zero attached hydrogens (tertiary/aromatic N) is 4. The van der Waals surface area contributed by atoms with Crippen molar-refractivity contribution in [2.45, 2.75) is 31.6 Å². The number of hydrogen-bond acceptors (Lipinski definition) is 7. The van der Waals surface area contributed by atoms with Crippen molar-refractivity contribution < 1.29 is 22.8 Å². The molecule has 0 bridgehead atoms. The zero-order valence-electron chi connectivity index (χ0n) is 18.6. The second-order valence-corrected chi connectivity index (χ2v) is 8.09. The first-order valence-corrected chi connectivity index (χ1v) is 10.7. The summed E-state index contributed by atoms with van der Waals surface area (Å²) in [5.74, 6) is -1.20. The topological polar surface area (TPSA) is 140 Å². The summed E-state index contributed by atoms with van der Waals surface area (Å²) in [6, 6.07) is 9.65. The van der Waals surface area contributed by atoms with E-state index in [1.54, 1.807) is 4.90 Å². The third-order valence-corrected chi connectivity index (χ3v) is 5.69. The van der Waals surface area contributed by atoms with Gasteiger partial charge in [0.25, 0.3) is 5.91 Å². The number of carbonyl (C=O) groups is 2. The maximum Gasteiger partial charge on any atom is 0.417 e. The minimum atomic E-state index is -4.52. The van der Waals surface area contributed by atoms with Gasteiger partial charge in [-0.05, 0) is 36.6 Å². The Bertz CT molecular complexity index is 1260. The van der Waals surface area contributed by atoms with E-state index in [-0.39, 0.29) is 17.5 Å². The van der Waals surface area contributed by atoms with Gasteiger partial charge in [-0.25, -0.2) is 4.98 Å². The van der Waals surface area contributed by atoms with Crippen LogP contribution in [-0.2, 0) is 17.4 Å². The fraction of sp³-hybridized carbons (Fsp3) is 0.261. The molecule has 1 unspecified atom stereocenters. The van der Waals surface area contributed by atoms with Crippen LogP contribution in [0.4, 0.5) is 24.9 Å². The zero-order chi connectivity index (χ0) is 25.3. The Kier molecular flexibility index (Phi) is 6.29. The van der Waals surface area contributed by atoms with E-state index in [2.05, 4.69) is 20.3 Å². The Hall–Kier alpha value is -4.22. The third-order valence-electron chi connectivity index (χ3n) is 5.69. The van der Waals surface area contributed by atoms with Gasteiger partial charge >= 0.3 is 6.18 Å². The van der Waals surface area contributed by atoms with Crippen molar-refractivity contribution in [3.8, 4) is 0 Å². The quantitative estimate of drug-likeness (QED) is 0.487. The van der Waals surface area contributed by atoms with Crippen molar-refractivity contribution in [1.29, 1.82) is 0 Å². The normalized spacial score (nSPS) is 16.3. The molecule has 0 spiro atoms. The number of aromatic nitrogens is 3. The molecule has 0 saturated heterocycles. The lowest BCUT2D eigenvalue weighted by molar-refractivity contribution is -0.137. The van der Waals surface area contributed by atoms with Gasteiger partial charge in [-0.3, -0.25) is 14.6 Å². The number of nitrogens with two attached hydrogens (primary N) is 2. The Morgan fingerprint density at radius 2 is 1.89 bits per heavy atom. The maximum absolute atomic E-state index is 13.1. The summed E-state index contributed by atoms with van der Waals surface area (Å²) < 4.78 is 39.3. The molecule has 182 valence electrons. The highest BCUT2D eigenvalue weighted by molar-refractivity contribution is 5.92. The van der Waals surface area contributed by atoms with Crippen molar-refractivity contribution in [2.24, 2.45) is 11.5 Å². The number of halogens is 3. The molecule has 2 amide bonds. The number of fused-ring (bicyclic) bond motifs is 1. The average molecular weight is 485 g/mol. The molecule has 12 heteroatoms. The molecule has 5 N–H and O–H groups in total. The Morgan fingerprint density at radius 3 is 2.51 bits per heavy atom. The number of carbonyl (C=O) groups excluding carboxylic acids is 2. The largest absolute Gasteiger partial charge is 0.417 e. The van der Waals surface area contributed by atoms with Crippen molar-refractivity contribution in [2.75, 3.05) is 16.8 Å². The van der Waals surface area contributed by atoms with E-state index in [9.17, 15) is 22.8 Å². The van der Waals surface area contributed by atoms with Crippen LogP contribution in [0.3, 0.4) is 0 Å². The molecular weight excluding hydrogens is 463 g/mol. The van der Waals surface area contributed by atoms with Crippen LogP contribution >= 0.6 is 0 Å². The maximum atomic E-state index is 13.1. The van der Waals surface area contributed by atoms with E-state index in [0.717, 1.165) is 23.4 Å². The van der Waals surface area contributed by atoms with Gasteiger partial charge in [0.15, 0.2) is 0 Å². The summed E-state index contributed by atoms with van der Waals surface area (Å²) in [5, 5.41) is 2.81. The van der Waals surface area contributed by atoms with E-state index < -0.39 is 35.6 Å². The van der Waals surface area contributed by atoms with Gasteiger partial charge in [-0.1, -0.05) is 24.3 Å². The predicted molar refractivity (Wildman–Crippen MR) is 121 cm³/mol. The Morgan fingerprint density at radius 1 is 1.14 bits per heavy atom. The van der Waals surface area contributed by atoms with Crippen molar-refractivity contribution in [3.63, 3.8) is 0 Å². The van der Waals surface area contributed by atoms with Crippen LogP contribution in [0.15, 0.2) is 48.7 Å². The number of primary amides is 2. The van der Waals surface area contributed by atoms with Crippen LogP contribution in [0.2, 0.25) is 0 Å². The highest BCUT2D eigenvalue weighted by atomic mass is 19.4. The molecule has 1 aliphatic heterocycles. The van der Waals surface area contributed by atoms with E-state index in [0.29, 0.717) is 18.7 Å². The molecule has 3 aromatic rings. The molecule has 0 radical (unpaired) electrons. The molecule has 0 fully saturated rings. The molecule has 3 heterocycles. The second-order valence-electron chi connectivity index (χ2n) is 8.09. The number of anilines is 2. The van der Waals surface area contributed by atoms with E-state index in [1.807, 2.05) is 24.3 Å². The molecule has 9 nitrogen and oxygen atoms in total. The molecule has 2 aromatic heterocycles. The second kappa shape index (κ2) is 9.20. The van der Waals surface area contributed by atoms with Gasteiger partial charge in [0.1, 0.15) is 17.6 Å². The highest BCUT2D eigenvalue weighted by Crippen LogP contribution is 2.37. The van der Waals surface area contributed by atoms with E-state index in [1.165, 1.54) is 19.1 Å². The molecular formula is C23H22F3N7O2. The SMILES string of the molecule is CC(Nc1cc(C(N)=O)nc(N2CCc3ccccc3[C@H]2c2ccc(C(F)(F)F)cn2)n1)C(N)=O. The first-order valence-electron chi connectivity index (χ1n) is 10.7. The Labute approximate surface area is 198 Å². The summed E-state index contributed by atoms with van der Waals surface area (Å²) in [6.45, 7) is 1.91. The lowest BCUT2D eigenvalue weighted by Gasteiger charge is -2.37. The predicted octanol–water partition coefficient (Wildman–Crippen LogP) is 2.43. The smallest absolute Gasteiger partial charge is 0.368 e. The summed E-state index contributed by atoms with van der Waals surface area (Å²) >= 11 is 0. The number of pyridine rings is 1. The van der Waals surface area contributed by atoms with Gasteiger partial charge in [0.2, 0.25) is 11.9 Å². The molecule has 35 heavy (non-hydrogen) atoms. The van der Waals surface area contributed by atoms with Crippen molar-refractivity contribution in [3.05, 3.63) is 76.7 Å². The molecule has 1 aliphatic rings. The molecule has 4 rings (SSSR count). The fourth-order valence-electron chi connectivity index (χ4n) is 3.89. The third kappa shape index (κ3) is 5.00. The van der Waals surface area contributed by atoms with Gasteiger partial charge in [0.05, 0.1) is 17.3 Å². The average Bonchev–Trinajstić information content (AvgIpc) is 2.82. The lowest BCUT2D eigenvalue weighted by atomic mass is 9.90. The van der Waals surface area contributed by atoms with Gasteiger partial charge in [-0.2, -0.15) is 18.2 Å². The van der Waals surface area contributed by atoms with Gasteiger partial charge in [0, 0.05) is 18.8 Å². The summed E-state index contributed by atoms with van der Waals surface area (Å²) in [6.07, 6.45) is -3.14. The number of hydrogen-bond donors (Lipinski definition) is 3. The van der Waals surface area contributed by atoms with Crippen LogP contribution in [0.5, 0.6) is 0 Å². The zero-order valence-corrected chi connectivity index (χ0v) is 18.6. The number of alkyl halides is 3. The molecule has 1 aromatic carbocycles. The first kappa shape index (κ1) is 23.9. The number of rotatable bonds is 6. The molecule has 0 aliphatic carbocycles.